The largest absolute Gasteiger partial charge is 0.311 e. The van der Waals surface area contributed by atoms with E-state index in [1.807, 2.05) is 31.2 Å². The van der Waals surface area contributed by atoms with Gasteiger partial charge >= 0.3 is 0 Å². The van der Waals surface area contributed by atoms with Crippen molar-refractivity contribution >= 4 is 29.3 Å². The second-order valence-corrected chi connectivity index (χ2v) is 9.21. The van der Waals surface area contributed by atoms with Gasteiger partial charge in [0, 0.05) is 29.0 Å². The van der Waals surface area contributed by atoms with Gasteiger partial charge in [-0.25, -0.2) is 8.78 Å². The Morgan fingerprint density at radius 3 is 2.41 bits per heavy atom. The zero-order valence-electron chi connectivity index (χ0n) is 17.3. The van der Waals surface area contributed by atoms with Gasteiger partial charge in [0.2, 0.25) is 0 Å². The molecule has 2 heterocycles. The van der Waals surface area contributed by atoms with E-state index in [0.29, 0.717) is 29.1 Å². The number of anilines is 1. The number of hydrogen-bond acceptors (Lipinski definition) is 3. The third-order valence-corrected chi connectivity index (χ3v) is 7.44. The number of nitrogens with zero attached hydrogens (tertiary/aromatic N) is 2. The molecular formula is C25H20F2N2O2S. The van der Waals surface area contributed by atoms with E-state index in [9.17, 15) is 18.4 Å². The van der Waals surface area contributed by atoms with Crippen molar-refractivity contribution in [2.45, 2.75) is 18.3 Å². The fraction of sp³-hybridized carbons (Fsp3) is 0.200. The number of rotatable bonds is 3. The van der Waals surface area contributed by atoms with E-state index in [1.165, 1.54) is 34.9 Å². The number of hydrogen-bond donors (Lipinski definition) is 0. The van der Waals surface area contributed by atoms with Crippen molar-refractivity contribution in [2.24, 2.45) is 0 Å². The molecule has 0 bridgehead atoms. The van der Waals surface area contributed by atoms with Crippen LogP contribution < -0.4 is 4.90 Å². The molecule has 1 saturated heterocycles. The molecule has 5 rings (SSSR count). The smallest absolute Gasteiger partial charge is 0.268 e. The second kappa shape index (κ2) is 7.74. The first-order valence-electron chi connectivity index (χ1n) is 10.3. The summed E-state index contributed by atoms with van der Waals surface area (Å²) in [6, 6.07) is 18.1. The Labute approximate surface area is 188 Å². The first-order valence-corrected chi connectivity index (χ1v) is 11.3. The molecule has 2 aliphatic rings. The van der Waals surface area contributed by atoms with Crippen LogP contribution >= 0.6 is 11.8 Å². The highest BCUT2D eigenvalue weighted by Gasteiger charge is 2.59. The van der Waals surface area contributed by atoms with Gasteiger partial charge in [-0.15, -0.1) is 11.8 Å². The summed E-state index contributed by atoms with van der Waals surface area (Å²) in [4.78, 5) is 29.1. The predicted molar refractivity (Wildman–Crippen MR) is 120 cm³/mol. The van der Waals surface area contributed by atoms with E-state index in [-0.39, 0.29) is 23.9 Å². The first kappa shape index (κ1) is 20.7. The monoisotopic (exact) mass is 450 g/mol. The maximum absolute atomic E-state index is 14.4. The summed E-state index contributed by atoms with van der Waals surface area (Å²) in [5.74, 6) is -1.42. The van der Waals surface area contributed by atoms with Crippen molar-refractivity contribution in [3.8, 4) is 0 Å². The molecule has 2 amide bonds. The number of carbonyl (C=O) groups is 2. The molecule has 2 aliphatic heterocycles. The molecule has 3 aromatic carbocycles. The average Bonchev–Trinajstić information content (AvgIpc) is 3.33. The molecule has 162 valence electrons. The summed E-state index contributed by atoms with van der Waals surface area (Å²) in [6.45, 7) is 2.10. The van der Waals surface area contributed by atoms with E-state index in [0.717, 1.165) is 5.56 Å². The number of thioether (sulfide) groups is 1. The number of para-hydroxylation sites is 1. The van der Waals surface area contributed by atoms with Crippen molar-refractivity contribution < 1.29 is 18.4 Å². The fourth-order valence-corrected chi connectivity index (χ4v) is 5.88. The molecule has 1 unspecified atom stereocenters. The fourth-order valence-electron chi connectivity index (χ4n) is 4.42. The summed E-state index contributed by atoms with van der Waals surface area (Å²) >= 11 is 1.39. The van der Waals surface area contributed by atoms with Gasteiger partial charge in [0.1, 0.15) is 11.6 Å². The van der Waals surface area contributed by atoms with Crippen LogP contribution in [0.5, 0.6) is 0 Å². The lowest BCUT2D eigenvalue weighted by atomic mass is 10.0. The predicted octanol–water partition coefficient (Wildman–Crippen LogP) is 4.86. The van der Waals surface area contributed by atoms with Crippen LogP contribution in [-0.4, -0.2) is 29.0 Å². The highest BCUT2D eigenvalue weighted by Crippen LogP contribution is 2.54. The molecule has 1 spiro atoms. The second-order valence-electron chi connectivity index (χ2n) is 7.92. The third-order valence-electron chi connectivity index (χ3n) is 6.02. The third kappa shape index (κ3) is 3.03. The molecule has 0 aliphatic carbocycles. The minimum atomic E-state index is -1.25. The van der Waals surface area contributed by atoms with E-state index in [1.54, 1.807) is 29.2 Å². The number of aryl methyl sites for hydroxylation is 1. The van der Waals surface area contributed by atoms with Crippen molar-refractivity contribution in [3.63, 3.8) is 0 Å². The highest BCUT2D eigenvalue weighted by atomic mass is 32.2. The molecule has 3 aromatic rings. The van der Waals surface area contributed by atoms with Crippen LogP contribution in [0.3, 0.4) is 0 Å². The van der Waals surface area contributed by atoms with Gasteiger partial charge in [-0.05, 0) is 37.3 Å². The van der Waals surface area contributed by atoms with Crippen LogP contribution in [0.2, 0.25) is 0 Å². The van der Waals surface area contributed by atoms with E-state index < -0.39 is 16.5 Å². The number of halogens is 2. The van der Waals surface area contributed by atoms with E-state index in [2.05, 4.69) is 0 Å². The van der Waals surface area contributed by atoms with E-state index >= 15 is 0 Å². The van der Waals surface area contributed by atoms with Crippen LogP contribution in [0.4, 0.5) is 14.5 Å². The first-order chi connectivity index (χ1) is 15.4. The van der Waals surface area contributed by atoms with Crippen LogP contribution in [0.15, 0.2) is 66.7 Å². The quantitative estimate of drug-likeness (QED) is 0.572. The van der Waals surface area contributed by atoms with Crippen LogP contribution in [0.1, 0.15) is 27.0 Å². The van der Waals surface area contributed by atoms with Gasteiger partial charge < -0.3 is 9.80 Å². The molecule has 1 atom stereocenters. The summed E-state index contributed by atoms with van der Waals surface area (Å²) in [7, 11) is 0. The van der Waals surface area contributed by atoms with Gasteiger partial charge in [-0.3, -0.25) is 9.59 Å². The maximum Gasteiger partial charge on any atom is 0.268 e. The molecule has 7 heteroatoms. The Balaban J connectivity index is 1.59. The average molecular weight is 451 g/mol. The van der Waals surface area contributed by atoms with Gasteiger partial charge in [-0.1, -0.05) is 42.0 Å². The molecule has 4 nitrogen and oxygen atoms in total. The molecular weight excluding hydrogens is 430 g/mol. The van der Waals surface area contributed by atoms with Gasteiger partial charge in [-0.2, -0.15) is 0 Å². The lowest BCUT2D eigenvalue weighted by Crippen LogP contribution is -2.50. The standard InChI is InChI=1S/C25H20F2N2O2S/c1-16-9-11-17(12-10-16)23(30)29-13-14-32-25(29)19-5-2-3-8-22(19)28(24(25)31)15-18-20(26)6-4-7-21(18)27/h2-12H,13-15H2,1H3. The molecule has 1 fully saturated rings. The zero-order valence-corrected chi connectivity index (χ0v) is 18.2. The molecule has 0 saturated carbocycles. The maximum atomic E-state index is 14.4. The molecule has 32 heavy (non-hydrogen) atoms. The van der Waals surface area contributed by atoms with Crippen molar-refractivity contribution in [1.29, 1.82) is 0 Å². The van der Waals surface area contributed by atoms with Crippen LogP contribution in [0.25, 0.3) is 0 Å². The van der Waals surface area contributed by atoms with Crippen molar-refractivity contribution in [2.75, 3.05) is 17.2 Å². The Morgan fingerprint density at radius 1 is 1.00 bits per heavy atom. The number of benzene rings is 3. The SMILES string of the molecule is Cc1ccc(C(=O)N2CCSC23C(=O)N(Cc2c(F)cccc2F)c2ccccc23)cc1. The van der Waals surface area contributed by atoms with Gasteiger partial charge in [0.05, 0.1) is 12.2 Å². The van der Waals surface area contributed by atoms with Crippen molar-refractivity contribution in [3.05, 3.63) is 101 Å². The minimum absolute atomic E-state index is 0.174. The van der Waals surface area contributed by atoms with Gasteiger partial charge in [0.15, 0.2) is 4.87 Å². The lowest BCUT2D eigenvalue weighted by Gasteiger charge is -2.33. The Kier molecular flexibility index (Phi) is 5.01. The normalized spacial score (nSPS) is 19.7. The Bertz CT molecular complexity index is 1210. The Hall–Kier alpha value is -3.19. The zero-order chi connectivity index (χ0) is 22.5. The molecule has 0 radical (unpaired) electrons. The van der Waals surface area contributed by atoms with E-state index in [4.69, 9.17) is 0 Å². The molecule has 0 aromatic heterocycles. The summed E-state index contributed by atoms with van der Waals surface area (Å²) in [5.41, 5.74) is 2.60. The van der Waals surface area contributed by atoms with Crippen molar-refractivity contribution in [1.82, 2.24) is 4.90 Å². The minimum Gasteiger partial charge on any atom is -0.311 e. The van der Waals surface area contributed by atoms with Crippen LogP contribution in [0, 0.1) is 18.6 Å². The lowest BCUT2D eigenvalue weighted by molar-refractivity contribution is -0.123. The molecule has 0 N–H and O–H groups in total. The summed E-state index contributed by atoms with van der Waals surface area (Å²) in [6.07, 6.45) is 0. The Morgan fingerprint density at radius 2 is 1.69 bits per heavy atom. The highest BCUT2D eigenvalue weighted by molar-refractivity contribution is 8.01. The number of fused-ring (bicyclic) bond motifs is 2. The topological polar surface area (TPSA) is 40.6 Å². The van der Waals surface area contributed by atoms with Crippen LogP contribution in [-0.2, 0) is 16.2 Å². The summed E-state index contributed by atoms with van der Waals surface area (Å²) < 4.78 is 28.8. The van der Waals surface area contributed by atoms with Gasteiger partial charge in [0.25, 0.3) is 11.8 Å². The number of carbonyl (C=O) groups excluding carboxylic acids is 2. The summed E-state index contributed by atoms with van der Waals surface area (Å²) in [5, 5.41) is 0. The number of amides is 2.